The monoisotopic (exact) mass is 295 g/mol. The van der Waals surface area contributed by atoms with Gasteiger partial charge in [0.05, 0.1) is 0 Å². The lowest BCUT2D eigenvalue weighted by Gasteiger charge is -2.14. The molecule has 0 saturated carbocycles. The molecular formula is C17H17N3O2. The second-order valence-electron chi connectivity index (χ2n) is 4.98. The van der Waals surface area contributed by atoms with Crippen LogP contribution in [0.3, 0.4) is 0 Å². The van der Waals surface area contributed by atoms with E-state index in [-0.39, 0.29) is 0 Å². The van der Waals surface area contributed by atoms with Gasteiger partial charge in [-0.15, -0.1) is 0 Å². The molecule has 5 nitrogen and oxygen atoms in total. The zero-order chi connectivity index (χ0) is 15.8. The Balaban J connectivity index is 2.34. The van der Waals surface area contributed by atoms with E-state index in [4.69, 9.17) is 10.3 Å². The fourth-order valence-corrected chi connectivity index (χ4v) is 2.30. The van der Waals surface area contributed by atoms with Crippen LogP contribution in [-0.2, 0) is 9.53 Å². The molecule has 0 fully saturated rings. The fourth-order valence-electron chi connectivity index (χ4n) is 2.30. The topological polar surface area (TPSA) is 75.1 Å². The number of azide groups is 1. The van der Waals surface area contributed by atoms with E-state index in [0.29, 0.717) is 11.3 Å². The van der Waals surface area contributed by atoms with Crippen molar-refractivity contribution in [1.82, 2.24) is 0 Å². The minimum atomic E-state index is -0.734. The molecule has 0 N–H and O–H groups in total. The van der Waals surface area contributed by atoms with Crippen molar-refractivity contribution >= 4 is 11.7 Å². The number of hydrogen-bond donors (Lipinski definition) is 0. The van der Waals surface area contributed by atoms with Crippen molar-refractivity contribution < 1.29 is 9.53 Å². The molecule has 0 radical (unpaired) electrons. The summed E-state index contributed by atoms with van der Waals surface area (Å²) in [6.07, 6.45) is 5.71. The Morgan fingerprint density at radius 1 is 1.41 bits per heavy atom. The Bertz CT molecular complexity index is 691. The maximum absolute atomic E-state index is 11.3. The molecule has 5 heteroatoms. The van der Waals surface area contributed by atoms with Crippen LogP contribution < -0.4 is 0 Å². The predicted octanol–water partition coefficient (Wildman–Crippen LogP) is 4.74. The van der Waals surface area contributed by atoms with Gasteiger partial charge in [0.15, 0.2) is 6.10 Å². The molecule has 1 aliphatic carbocycles. The smallest absolute Gasteiger partial charge is 0.304 e. The van der Waals surface area contributed by atoms with Gasteiger partial charge in [0.1, 0.15) is 0 Å². The third-order valence-electron chi connectivity index (χ3n) is 3.31. The van der Waals surface area contributed by atoms with E-state index in [2.05, 4.69) is 27.9 Å². The molecule has 0 aliphatic heterocycles. The van der Waals surface area contributed by atoms with Crippen molar-refractivity contribution in [3.63, 3.8) is 0 Å². The van der Waals surface area contributed by atoms with Crippen molar-refractivity contribution in [2.75, 3.05) is 0 Å². The van der Waals surface area contributed by atoms with Gasteiger partial charge in [-0.05, 0) is 42.7 Å². The second-order valence-corrected chi connectivity index (χ2v) is 4.98. The molecule has 0 spiro atoms. The van der Waals surface area contributed by atoms with Crippen molar-refractivity contribution in [1.29, 1.82) is 0 Å². The third kappa shape index (κ3) is 4.41. The molecule has 0 bridgehead atoms. The van der Waals surface area contributed by atoms with Crippen molar-refractivity contribution in [2.45, 2.75) is 38.7 Å². The molecule has 0 amide bonds. The van der Waals surface area contributed by atoms with E-state index >= 15 is 0 Å². The average Bonchev–Trinajstić information content (AvgIpc) is 2.53. The lowest BCUT2D eigenvalue weighted by atomic mass is 9.99. The minimum Gasteiger partial charge on any atom is -0.444 e. The number of carbonyl (C=O) groups excluding carboxylic acids is 1. The highest BCUT2D eigenvalue weighted by molar-refractivity contribution is 5.67. The number of benzene rings is 1. The van der Waals surface area contributed by atoms with Crippen LogP contribution in [0, 0.1) is 11.8 Å². The Labute approximate surface area is 129 Å². The fraction of sp³-hybridized carbons (Fsp3) is 0.353. The largest absolute Gasteiger partial charge is 0.444 e. The molecule has 0 saturated heterocycles. The summed E-state index contributed by atoms with van der Waals surface area (Å²) in [6, 6.07) is 6.98. The van der Waals surface area contributed by atoms with Crippen LogP contribution in [0.1, 0.15) is 44.3 Å². The van der Waals surface area contributed by atoms with Crippen LogP contribution >= 0.6 is 0 Å². The lowest BCUT2D eigenvalue weighted by Crippen LogP contribution is -2.07. The number of rotatable bonds is 3. The first-order chi connectivity index (χ1) is 10.7. The van der Waals surface area contributed by atoms with Crippen LogP contribution in [-0.4, -0.2) is 5.97 Å². The molecule has 0 heterocycles. The number of carbonyl (C=O) groups is 1. The summed E-state index contributed by atoms with van der Waals surface area (Å²) in [7, 11) is 0. The van der Waals surface area contributed by atoms with Crippen LogP contribution in [0.15, 0.2) is 41.0 Å². The zero-order valence-corrected chi connectivity index (χ0v) is 12.5. The normalized spacial score (nSPS) is 14.7. The Hall–Kier alpha value is -2.70. The van der Waals surface area contributed by atoms with E-state index in [0.717, 1.165) is 24.8 Å². The maximum atomic E-state index is 11.3. The molecular weight excluding hydrogens is 278 g/mol. The highest BCUT2D eigenvalue weighted by Gasteiger charge is 2.15. The van der Waals surface area contributed by atoms with Crippen LogP contribution in [0.5, 0.6) is 0 Å². The number of hydrogen-bond acceptors (Lipinski definition) is 3. The molecule has 0 aromatic heterocycles. The molecule has 1 aromatic rings. The zero-order valence-electron chi connectivity index (χ0n) is 12.5. The van der Waals surface area contributed by atoms with Gasteiger partial charge in [0, 0.05) is 23.1 Å². The Morgan fingerprint density at radius 3 is 2.91 bits per heavy atom. The molecule has 1 aliphatic rings. The van der Waals surface area contributed by atoms with Gasteiger partial charge in [-0.2, -0.15) is 0 Å². The van der Waals surface area contributed by atoms with E-state index in [1.165, 1.54) is 13.3 Å². The average molecular weight is 295 g/mol. The summed E-state index contributed by atoms with van der Waals surface area (Å²) in [5.41, 5.74) is 10.7. The van der Waals surface area contributed by atoms with Crippen molar-refractivity contribution in [3.05, 3.63) is 51.9 Å². The Kier molecular flexibility index (Phi) is 5.65. The standard InChI is InChI=1S/C17H17N3O2/c1-13(21)22-17(12-11-14-7-3-2-4-8-14)15-9-5-6-10-16(15)19-20-18/h5-7,9-10,17H,2-4,8H2,1H3. The van der Waals surface area contributed by atoms with Crippen LogP contribution in [0.25, 0.3) is 10.4 Å². The molecule has 1 atom stereocenters. The number of allylic oxidation sites excluding steroid dienone is 2. The summed E-state index contributed by atoms with van der Waals surface area (Å²) in [4.78, 5) is 14.1. The highest BCUT2D eigenvalue weighted by Crippen LogP contribution is 2.28. The summed E-state index contributed by atoms with van der Waals surface area (Å²) < 4.78 is 5.29. The number of nitrogens with zero attached hydrogens (tertiary/aromatic N) is 3. The van der Waals surface area contributed by atoms with Gasteiger partial charge in [0.25, 0.3) is 0 Å². The quantitative estimate of drug-likeness (QED) is 0.265. The van der Waals surface area contributed by atoms with Gasteiger partial charge < -0.3 is 4.74 Å². The van der Waals surface area contributed by atoms with Crippen LogP contribution in [0.4, 0.5) is 5.69 Å². The predicted molar refractivity (Wildman–Crippen MR) is 84.1 cm³/mol. The first-order valence-corrected chi connectivity index (χ1v) is 7.22. The summed E-state index contributed by atoms with van der Waals surface area (Å²) >= 11 is 0. The molecule has 112 valence electrons. The first-order valence-electron chi connectivity index (χ1n) is 7.22. The van der Waals surface area contributed by atoms with E-state index in [1.807, 2.05) is 0 Å². The van der Waals surface area contributed by atoms with Gasteiger partial charge in [-0.25, -0.2) is 0 Å². The first kappa shape index (κ1) is 15.7. The van der Waals surface area contributed by atoms with Crippen LogP contribution in [0.2, 0.25) is 0 Å². The third-order valence-corrected chi connectivity index (χ3v) is 3.31. The van der Waals surface area contributed by atoms with Gasteiger partial charge >= 0.3 is 5.97 Å². The molecule has 2 rings (SSSR count). The highest BCUT2D eigenvalue weighted by atomic mass is 16.5. The van der Waals surface area contributed by atoms with Crippen molar-refractivity contribution in [3.8, 4) is 11.8 Å². The SMILES string of the molecule is CC(=O)OC(C#CC1=CCCCC1)c1ccccc1N=[N+]=[N-]. The summed E-state index contributed by atoms with van der Waals surface area (Å²) in [5, 5.41) is 3.64. The number of ether oxygens (including phenoxy) is 1. The minimum absolute atomic E-state index is 0.420. The molecule has 1 aromatic carbocycles. The van der Waals surface area contributed by atoms with Gasteiger partial charge in [-0.1, -0.05) is 41.4 Å². The van der Waals surface area contributed by atoms with Gasteiger partial charge in [0.2, 0.25) is 0 Å². The van der Waals surface area contributed by atoms with E-state index < -0.39 is 12.1 Å². The second kappa shape index (κ2) is 7.92. The van der Waals surface area contributed by atoms with Gasteiger partial charge in [-0.3, -0.25) is 4.79 Å². The number of esters is 1. The van der Waals surface area contributed by atoms with E-state index in [9.17, 15) is 4.79 Å². The Morgan fingerprint density at radius 2 is 2.23 bits per heavy atom. The lowest BCUT2D eigenvalue weighted by molar-refractivity contribution is -0.144. The molecule has 22 heavy (non-hydrogen) atoms. The van der Waals surface area contributed by atoms with E-state index in [1.54, 1.807) is 24.3 Å². The summed E-state index contributed by atoms with van der Waals surface area (Å²) in [6.45, 7) is 1.34. The van der Waals surface area contributed by atoms with Crippen molar-refractivity contribution in [2.24, 2.45) is 5.11 Å². The molecule has 1 unspecified atom stereocenters. The summed E-state index contributed by atoms with van der Waals surface area (Å²) in [5.74, 6) is 5.66. The maximum Gasteiger partial charge on any atom is 0.304 e.